The van der Waals surface area contributed by atoms with Gasteiger partial charge in [0.2, 0.25) is 0 Å². The molecule has 0 aromatic heterocycles. The molecule has 0 spiro atoms. The zero-order valence-corrected chi connectivity index (χ0v) is 66.8. The third kappa shape index (κ3) is 71.5. The van der Waals surface area contributed by atoms with Crippen LogP contribution in [-0.4, -0.2) is 96.7 Å². The molecule has 19 heteroatoms. The summed E-state index contributed by atoms with van der Waals surface area (Å²) in [6.45, 7) is 11.9. The SMILES string of the molecule is CCCCCCCCCCCCCCCCCCCCCCCCC(=O)O[C@H](COC(=O)CCCCCCCCCCCCCCC(C)C)COP(=O)(O)OC[C@@H](O)COP(=O)(O)OC[C@@H](COC(=O)CCCCCCCCC(C)CC)OC(=O)CCCCCCCCCCC(C)CC. The molecule has 0 rings (SSSR count). The first-order chi connectivity index (χ1) is 47.8. The van der Waals surface area contributed by atoms with Crippen LogP contribution in [-0.2, 0) is 65.4 Å². The van der Waals surface area contributed by atoms with Crippen molar-refractivity contribution in [1.29, 1.82) is 0 Å². The Morgan fingerprint density at radius 1 is 0.293 bits per heavy atom. The van der Waals surface area contributed by atoms with E-state index in [1.165, 1.54) is 218 Å². The van der Waals surface area contributed by atoms with Crippen LogP contribution in [0.5, 0.6) is 0 Å². The van der Waals surface area contributed by atoms with Crippen molar-refractivity contribution in [2.24, 2.45) is 17.8 Å². The number of aliphatic hydroxyl groups is 1. The summed E-state index contributed by atoms with van der Waals surface area (Å²) < 4.78 is 68.6. The van der Waals surface area contributed by atoms with Crippen molar-refractivity contribution >= 4 is 39.5 Å². The fourth-order valence-corrected chi connectivity index (χ4v) is 13.8. The number of phosphoric acid groups is 2. The number of carbonyl (C=O) groups is 4. The molecule has 0 aliphatic heterocycles. The number of hydrogen-bond donors (Lipinski definition) is 3. The molecule has 3 N–H and O–H groups in total. The summed E-state index contributed by atoms with van der Waals surface area (Å²) in [5.74, 6) is 0.165. The molecule has 4 unspecified atom stereocenters. The molecule has 0 saturated heterocycles. The highest BCUT2D eigenvalue weighted by Crippen LogP contribution is 2.45. The topological polar surface area (TPSA) is 237 Å². The lowest BCUT2D eigenvalue weighted by atomic mass is 9.99. The summed E-state index contributed by atoms with van der Waals surface area (Å²) in [4.78, 5) is 72.9. The predicted molar refractivity (Wildman–Crippen MR) is 405 cm³/mol. The van der Waals surface area contributed by atoms with Gasteiger partial charge in [-0.1, -0.05) is 363 Å². The van der Waals surface area contributed by atoms with Gasteiger partial charge >= 0.3 is 39.5 Å². The zero-order chi connectivity index (χ0) is 73.0. The molecule has 0 saturated carbocycles. The Bertz CT molecular complexity index is 1930. The van der Waals surface area contributed by atoms with Crippen LogP contribution in [0, 0.1) is 17.8 Å². The molecular formula is C80H156O17P2. The molecule has 0 aromatic rings. The third-order valence-electron chi connectivity index (χ3n) is 19.4. The van der Waals surface area contributed by atoms with Gasteiger partial charge in [0.25, 0.3) is 0 Å². The predicted octanol–water partition coefficient (Wildman–Crippen LogP) is 23.7. The van der Waals surface area contributed by atoms with Crippen LogP contribution in [0.25, 0.3) is 0 Å². The van der Waals surface area contributed by atoms with E-state index in [4.69, 9.17) is 37.0 Å². The Morgan fingerprint density at radius 3 is 0.768 bits per heavy atom. The second-order valence-corrected chi connectivity index (χ2v) is 32.7. The molecule has 0 radical (unpaired) electrons. The van der Waals surface area contributed by atoms with Gasteiger partial charge in [-0.15, -0.1) is 0 Å². The molecule has 0 aromatic carbocycles. The highest BCUT2D eigenvalue weighted by atomic mass is 31.2. The van der Waals surface area contributed by atoms with Gasteiger partial charge in [0.15, 0.2) is 12.2 Å². The quantitative estimate of drug-likeness (QED) is 0.0222. The minimum absolute atomic E-state index is 0.104. The Labute approximate surface area is 607 Å². The number of unbranched alkanes of at least 4 members (excludes halogenated alkanes) is 44. The van der Waals surface area contributed by atoms with Gasteiger partial charge < -0.3 is 33.8 Å². The number of hydrogen-bond acceptors (Lipinski definition) is 15. The van der Waals surface area contributed by atoms with Crippen molar-refractivity contribution in [3.63, 3.8) is 0 Å². The average Bonchev–Trinajstić information content (AvgIpc) is 0.991. The molecule has 0 aliphatic rings. The van der Waals surface area contributed by atoms with E-state index in [2.05, 4.69) is 48.5 Å². The molecule has 99 heavy (non-hydrogen) atoms. The number of esters is 4. The maximum atomic E-state index is 13.1. The molecule has 0 fully saturated rings. The number of aliphatic hydroxyl groups excluding tert-OH is 1. The summed E-state index contributed by atoms with van der Waals surface area (Å²) in [5, 5.41) is 10.6. The third-order valence-corrected chi connectivity index (χ3v) is 21.3. The minimum Gasteiger partial charge on any atom is -0.462 e. The fraction of sp³-hybridized carbons (Fsp3) is 0.950. The van der Waals surface area contributed by atoms with E-state index in [0.717, 1.165) is 114 Å². The van der Waals surface area contributed by atoms with Crippen molar-refractivity contribution in [1.82, 2.24) is 0 Å². The monoisotopic (exact) mass is 1450 g/mol. The molecule has 0 heterocycles. The first-order valence-corrected chi connectivity index (χ1v) is 44.4. The summed E-state index contributed by atoms with van der Waals surface area (Å²) in [5.41, 5.74) is 0. The highest BCUT2D eigenvalue weighted by Gasteiger charge is 2.30. The van der Waals surface area contributed by atoms with Crippen LogP contribution in [0.2, 0.25) is 0 Å². The number of carbonyl (C=O) groups excluding carboxylic acids is 4. The number of ether oxygens (including phenoxy) is 4. The van der Waals surface area contributed by atoms with E-state index in [1.807, 2.05) is 0 Å². The van der Waals surface area contributed by atoms with Gasteiger partial charge in [0.05, 0.1) is 26.4 Å². The fourth-order valence-electron chi connectivity index (χ4n) is 12.2. The number of rotatable bonds is 78. The Morgan fingerprint density at radius 2 is 0.515 bits per heavy atom. The molecule has 7 atom stereocenters. The van der Waals surface area contributed by atoms with Crippen molar-refractivity contribution in [2.75, 3.05) is 39.6 Å². The van der Waals surface area contributed by atoms with E-state index >= 15 is 0 Å². The lowest BCUT2D eigenvalue weighted by Crippen LogP contribution is -2.30. The lowest BCUT2D eigenvalue weighted by Gasteiger charge is -2.21. The van der Waals surface area contributed by atoms with Crippen molar-refractivity contribution < 1.29 is 80.2 Å². The Balaban J connectivity index is 5.21. The van der Waals surface area contributed by atoms with Gasteiger partial charge in [-0.05, 0) is 43.4 Å². The Kier molecular flexibility index (Phi) is 69.0. The molecule has 17 nitrogen and oxygen atoms in total. The average molecular weight is 1450 g/mol. The zero-order valence-electron chi connectivity index (χ0n) is 65.0. The van der Waals surface area contributed by atoms with Crippen LogP contribution < -0.4 is 0 Å². The van der Waals surface area contributed by atoms with Crippen LogP contribution in [0.3, 0.4) is 0 Å². The normalized spacial score (nSPS) is 14.5. The van der Waals surface area contributed by atoms with Crippen molar-refractivity contribution in [3.8, 4) is 0 Å². The van der Waals surface area contributed by atoms with Gasteiger partial charge in [0, 0.05) is 25.7 Å². The van der Waals surface area contributed by atoms with Gasteiger partial charge in [-0.2, -0.15) is 0 Å². The molecule has 0 amide bonds. The second-order valence-electron chi connectivity index (χ2n) is 29.8. The van der Waals surface area contributed by atoms with Crippen LogP contribution in [0.4, 0.5) is 0 Å². The summed E-state index contributed by atoms with van der Waals surface area (Å²) in [6, 6.07) is 0. The molecule has 0 bridgehead atoms. The highest BCUT2D eigenvalue weighted by molar-refractivity contribution is 7.47. The van der Waals surface area contributed by atoms with E-state index in [9.17, 15) is 43.2 Å². The lowest BCUT2D eigenvalue weighted by molar-refractivity contribution is -0.161. The molecular weight excluding hydrogens is 1290 g/mol. The Hall–Kier alpha value is -1.94. The van der Waals surface area contributed by atoms with Crippen molar-refractivity contribution in [3.05, 3.63) is 0 Å². The minimum atomic E-state index is -4.96. The van der Waals surface area contributed by atoms with E-state index in [1.54, 1.807) is 0 Å². The van der Waals surface area contributed by atoms with Crippen LogP contribution in [0.1, 0.15) is 414 Å². The maximum Gasteiger partial charge on any atom is 0.472 e. The molecule has 588 valence electrons. The van der Waals surface area contributed by atoms with Gasteiger partial charge in [-0.3, -0.25) is 37.3 Å². The van der Waals surface area contributed by atoms with Crippen molar-refractivity contribution in [2.45, 2.75) is 433 Å². The van der Waals surface area contributed by atoms with Gasteiger partial charge in [-0.25, -0.2) is 9.13 Å². The standard InChI is InChI=1S/C80H156O17P2/c1-8-11-12-13-14-15-16-17-18-19-20-21-22-23-24-25-26-31-34-40-49-56-63-79(84)96-75(67-90-77(82)61-54-47-39-33-30-28-27-29-32-37-44-51-58-71(4)5)69-94-98(86,87)92-65-74(81)66-93-99(88,89)95-70-76(68-91-78(83)62-55-48-43-42-46-53-60-73(7)10-3)97-80(85)64-57-50-41-36-35-38-45-52-59-72(6)9-2/h71-76,81H,8-70H2,1-7H3,(H,86,87)(H,88,89)/t72?,73?,74-,75-,76-/m1/s1. The first kappa shape index (κ1) is 97.1. The molecule has 0 aliphatic carbocycles. The van der Waals surface area contributed by atoms with Crippen LogP contribution >= 0.6 is 15.6 Å². The summed E-state index contributed by atoms with van der Waals surface area (Å²) >= 11 is 0. The van der Waals surface area contributed by atoms with Crippen LogP contribution in [0.15, 0.2) is 0 Å². The van der Waals surface area contributed by atoms with Gasteiger partial charge in [0.1, 0.15) is 19.3 Å². The number of phosphoric ester groups is 2. The van der Waals surface area contributed by atoms with E-state index in [0.29, 0.717) is 25.7 Å². The van der Waals surface area contributed by atoms with E-state index < -0.39 is 97.5 Å². The van der Waals surface area contributed by atoms with E-state index in [-0.39, 0.29) is 25.7 Å². The largest absolute Gasteiger partial charge is 0.472 e. The second kappa shape index (κ2) is 70.4. The maximum absolute atomic E-state index is 13.1. The summed E-state index contributed by atoms with van der Waals surface area (Å²) in [7, 11) is -9.92. The first-order valence-electron chi connectivity index (χ1n) is 41.4. The smallest absolute Gasteiger partial charge is 0.462 e. The summed E-state index contributed by atoms with van der Waals surface area (Å²) in [6.07, 6.45) is 58.4.